The molecule has 0 aliphatic carbocycles. The minimum absolute atomic E-state index is 0.0830. The van der Waals surface area contributed by atoms with Crippen LogP contribution in [-0.4, -0.2) is 32.2 Å². The number of carbonyl (C=O) groups excluding carboxylic acids is 1. The second-order valence-electron chi connectivity index (χ2n) is 8.21. The first kappa shape index (κ1) is 22.0. The van der Waals surface area contributed by atoms with Gasteiger partial charge in [-0.15, -0.1) is 0 Å². The average molecular weight is 411 g/mol. The number of amides is 1. The molecule has 0 spiro atoms. The van der Waals surface area contributed by atoms with Crippen molar-refractivity contribution in [2.75, 3.05) is 25.1 Å². The molecule has 2 aromatic carbocycles. The largest absolute Gasteiger partial charge is 0.497 e. The summed E-state index contributed by atoms with van der Waals surface area (Å²) in [6.45, 7) is 8.52. The molecule has 0 bridgehead atoms. The highest BCUT2D eigenvalue weighted by Crippen LogP contribution is 2.25. The highest BCUT2D eigenvalue weighted by atomic mass is 16.5. The normalized spacial score (nSPS) is 18.4. The van der Waals surface area contributed by atoms with Crippen LogP contribution in [0.2, 0.25) is 0 Å². The van der Waals surface area contributed by atoms with Crippen LogP contribution in [0.15, 0.2) is 48.5 Å². The number of nitrogens with one attached hydrogen (secondary N) is 1. The van der Waals surface area contributed by atoms with Crippen molar-refractivity contribution >= 4 is 11.6 Å². The number of hydrogen-bond donors (Lipinski definition) is 1. The topological polar surface area (TPSA) is 50.8 Å². The molecular formula is C25H34N2O3. The number of benzene rings is 2. The Morgan fingerprint density at radius 3 is 2.40 bits per heavy atom. The van der Waals surface area contributed by atoms with Gasteiger partial charge in [-0.1, -0.05) is 26.0 Å². The number of anilines is 1. The summed E-state index contributed by atoms with van der Waals surface area (Å²) in [5, 5.41) is 3.09. The van der Waals surface area contributed by atoms with Crippen LogP contribution >= 0.6 is 0 Å². The third-order valence-corrected chi connectivity index (χ3v) is 5.78. The van der Waals surface area contributed by atoms with Gasteiger partial charge in [-0.3, -0.25) is 4.79 Å². The van der Waals surface area contributed by atoms with Crippen molar-refractivity contribution in [2.45, 2.75) is 52.2 Å². The summed E-state index contributed by atoms with van der Waals surface area (Å²) >= 11 is 0. The van der Waals surface area contributed by atoms with E-state index in [4.69, 9.17) is 9.47 Å². The van der Waals surface area contributed by atoms with Gasteiger partial charge in [0.2, 0.25) is 0 Å². The Kier molecular flexibility index (Phi) is 7.61. The molecule has 1 aliphatic heterocycles. The van der Waals surface area contributed by atoms with Crippen molar-refractivity contribution in [3.8, 4) is 11.5 Å². The maximum absolute atomic E-state index is 12.8. The minimum atomic E-state index is -0.532. The summed E-state index contributed by atoms with van der Waals surface area (Å²) in [6.07, 6.45) is 2.63. The fourth-order valence-corrected chi connectivity index (χ4v) is 3.93. The summed E-state index contributed by atoms with van der Waals surface area (Å²) in [5.41, 5.74) is 2.36. The molecule has 1 amide bonds. The number of nitrogens with zero attached hydrogens (tertiary/aromatic N) is 1. The maximum atomic E-state index is 12.8. The van der Waals surface area contributed by atoms with Crippen molar-refractivity contribution in [1.82, 2.24) is 5.32 Å². The third kappa shape index (κ3) is 5.68. The molecule has 1 aliphatic rings. The molecule has 1 fully saturated rings. The first-order chi connectivity index (χ1) is 14.5. The van der Waals surface area contributed by atoms with Gasteiger partial charge in [-0.25, -0.2) is 0 Å². The van der Waals surface area contributed by atoms with E-state index >= 15 is 0 Å². The van der Waals surface area contributed by atoms with Crippen LogP contribution in [0, 0.1) is 5.92 Å². The van der Waals surface area contributed by atoms with Crippen molar-refractivity contribution in [3.05, 3.63) is 54.1 Å². The van der Waals surface area contributed by atoms with Gasteiger partial charge in [0.1, 0.15) is 11.5 Å². The number of carbonyl (C=O) groups is 1. The molecule has 0 saturated carbocycles. The Morgan fingerprint density at radius 2 is 1.80 bits per heavy atom. The first-order valence-corrected chi connectivity index (χ1v) is 11.0. The molecular weight excluding hydrogens is 376 g/mol. The van der Waals surface area contributed by atoms with E-state index in [-0.39, 0.29) is 11.9 Å². The van der Waals surface area contributed by atoms with Gasteiger partial charge in [0.25, 0.3) is 5.91 Å². The van der Waals surface area contributed by atoms with E-state index in [0.29, 0.717) is 12.2 Å². The Morgan fingerprint density at radius 1 is 1.13 bits per heavy atom. The molecule has 0 aromatic heterocycles. The van der Waals surface area contributed by atoms with Gasteiger partial charge < -0.3 is 19.7 Å². The molecule has 0 unspecified atom stereocenters. The number of piperidine rings is 1. The lowest BCUT2D eigenvalue weighted by molar-refractivity contribution is -0.128. The molecule has 0 radical (unpaired) electrons. The third-order valence-electron chi connectivity index (χ3n) is 5.78. The molecule has 5 heteroatoms. The second-order valence-corrected chi connectivity index (χ2v) is 8.21. The summed E-state index contributed by atoms with van der Waals surface area (Å²) in [7, 11) is 1.62. The fraction of sp³-hybridized carbons (Fsp3) is 0.480. The standard InChI is InChI=1S/C25H34N2O3/c1-5-24(30-23-14-12-22(29-4)13-15-23)25(28)26-19(3)20-8-10-21(11-9-20)27-16-6-7-18(2)17-27/h8-15,18-19,24H,5-7,16-17H2,1-4H3,(H,26,28)/t18-,19-,24-/m0/s1. The Hall–Kier alpha value is -2.69. The van der Waals surface area contributed by atoms with E-state index in [9.17, 15) is 4.79 Å². The van der Waals surface area contributed by atoms with Gasteiger partial charge in [0.05, 0.1) is 13.2 Å². The molecule has 5 nitrogen and oxygen atoms in total. The van der Waals surface area contributed by atoms with E-state index in [1.807, 2.05) is 38.1 Å². The van der Waals surface area contributed by atoms with Gasteiger partial charge in [0.15, 0.2) is 6.10 Å². The molecule has 30 heavy (non-hydrogen) atoms. The summed E-state index contributed by atoms with van der Waals surface area (Å²) in [6, 6.07) is 15.8. The van der Waals surface area contributed by atoms with E-state index in [1.54, 1.807) is 7.11 Å². The lowest BCUT2D eigenvalue weighted by Gasteiger charge is -2.33. The molecule has 3 rings (SSSR count). The van der Waals surface area contributed by atoms with E-state index < -0.39 is 6.10 Å². The van der Waals surface area contributed by atoms with E-state index in [1.165, 1.54) is 18.5 Å². The van der Waals surface area contributed by atoms with Crippen LogP contribution in [0.5, 0.6) is 11.5 Å². The van der Waals surface area contributed by atoms with Crippen LogP contribution in [0.4, 0.5) is 5.69 Å². The zero-order chi connectivity index (χ0) is 21.5. The summed E-state index contributed by atoms with van der Waals surface area (Å²) < 4.78 is 11.1. The van der Waals surface area contributed by atoms with Crippen molar-refractivity contribution < 1.29 is 14.3 Å². The highest BCUT2D eigenvalue weighted by Gasteiger charge is 2.21. The fourth-order valence-electron chi connectivity index (χ4n) is 3.93. The van der Waals surface area contributed by atoms with Crippen LogP contribution in [0.25, 0.3) is 0 Å². The number of ether oxygens (including phenoxy) is 2. The van der Waals surface area contributed by atoms with Crippen LogP contribution in [0.1, 0.15) is 51.6 Å². The second kappa shape index (κ2) is 10.4. The maximum Gasteiger partial charge on any atom is 0.261 e. The van der Waals surface area contributed by atoms with Gasteiger partial charge in [-0.05, 0) is 74.1 Å². The first-order valence-electron chi connectivity index (χ1n) is 11.0. The number of methoxy groups -OCH3 is 1. The van der Waals surface area contributed by atoms with Crippen LogP contribution < -0.4 is 19.7 Å². The lowest BCUT2D eigenvalue weighted by atomic mass is 9.99. The van der Waals surface area contributed by atoms with E-state index in [2.05, 4.69) is 41.4 Å². The minimum Gasteiger partial charge on any atom is -0.497 e. The Labute approximate surface area is 180 Å². The van der Waals surface area contributed by atoms with Crippen molar-refractivity contribution in [2.24, 2.45) is 5.92 Å². The van der Waals surface area contributed by atoms with Crippen LogP contribution in [-0.2, 0) is 4.79 Å². The summed E-state index contributed by atoms with van der Waals surface area (Å²) in [5.74, 6) is 2.06. The zero-order valence-corrected chi connectivity index (χ0v) is 18.6. The SMILES string of the molecule is CC[C@H](Oc1ccc(OC)cc1)C(=O)N[C@@H](C)c1ccc(N2CCC[C@H](C)C2)cc1. The molecule has 1 N–H and O–H groups in total. The molecule has 3 atom stereocenters. The summed E-state index contributed by atoms with van der Waals surface area (Å²) in [4.78, 5) is 15.2. The van der Waals surface area contributed by atoms with Gasteiger partial charge in [-0.2, -0.15) is 0 Å². The van der Waals surface area contributed by atoms with Crippen molar-refractivity contribution in [1.29, 1.82) is 0 Å². The number of hydrogen-bond acceptors (Lipinski definition) is 4. The van der Waals surface area contributed by atoms with Crippen LogP contribution in [0.3, 0.4) is 0 Å². The van der Waals surface area contributed by atoms with E-state index in [0.717, 1.165) is 30.3 Å². The van der Waals surface area contributed by atoms with Gasteiger partial charge in [0, 0.05) is 18.8 Å². The Balaban J connectivity index is 1.57. The monoisotopic (exact) mass is 410 g/mol. The van der Waals surface area contributed by atoms with Crippen molar-refractivity contribution in [3.63, 3.8) is 0 Å². The lowest BCUT2D eigenvalue weighted by Crippen LogP contribution is -2.39. The predicted octanol–water partition coefficient (Wildman–Crippen LogP) is 4.97. The quantitative estimate of drug-likeness (QED) is 0.668. The molecule has 1 saturated heterocycles. The Bertz CT molecular complexity index is 804. The van der Waals surface area contributed by atoms with Gasteiger partial charge >= 0.3 is 0 Å². The highest BCUT2D eigenvalue weighted by molar-refractivity contribution is 5.81. The molecule has 1 heterocycles. The smallest absolute Gasteiger partial charge is 0.261 e. The zero-order valence-electron chi connectivity index (χ0n) is 18.6. The number of rotatable bonds is 8. The average Bonchev–Trinajstić information content (AvgIpc) is 2.77. The molecule has 2 aromatic rings. The predicted molar refractivity (Wildman–Crippen MR) is 121 cm³/mol. The molecule has 162 valence electrons.